The summed E-state index contributed by atoms with van der Waals surface area (Å²) in [5.41, 5.74) is 2.32. The zero-order chi connectivity index (χ0) is 12.5. The first-order valence-electron chi connectivity index (χ1n) is 5.54. The van der Waals surface area contributed by atoms with Crippen LogP contribution in [0.15, 0.2) is 63.8 Å². The van der Waals surface area contributed by atoms with Crippen molar-refractivity contribution in [1.82, 2.24) is 4.98 Å². The van der Waals surface area contributed by atoms with Crippen LogP contribution in [-0.4, -0.2) is 4.98 Å². The predicted octanol–water partition coefficient (Wildman–Crippen LogP) is 5.43. The molecule has 0 aliphatic rings. The summed E-state index contributed by atoms with van der Waals surface area (Å²) in [6, 6.07) is 14.4. The van der Waals surface area contributed by atoms with E-state index < -0.39 is 0 Å². The molecule has 0 spiro atoms. The summed E-state index contributed by atoms with van der Waals surface area (Å²) in [7, 11) is 0. The molecule has 0 bridgehead atoms. The number of pyridine rings is 1. The van der Waals surface area contributed by atoms with Crippen LogP contribution in [0.25, 0.3) is 21.9 Å². The van der Waals surface area contributed by atoms with E-state index in [-0.39, 0.29) is 0 Å². The molecular formula is C15H9Br2N. The summed E-state index contributed by atoms with van der Waals surface area (Å²) in [4.78, 5) is 4.34. The van der Waals surface area contributed by atoms with Gasteiger partial charge in [-0.25, -0.2) is 0 Å². The van der Waals surface area contributed by atoms with Crippen LogP contribution < -0.4 is 0 Å². The minimum absolute atomic E-state index is 1.06. The second kappa shape index (κ2) is 4.82. The molecule has 3 heteroatoms. The van der Waals surface area contributed by atoms with E-state index in [1.807, 2.05) is 36.7 Å². The molecule has 3 aromatic rings. The summed E-state index contributed by atoms with van der Waals surface area (Å²) in [5, 5.41) is 2.30. The molecule has 1 nitrogen and oxygen atoms in total. The van der Waals surface area contributed by atoms with Crippen molar-refractivity contribution in [3.63, 3.8) is 0 Å². The second-order valence-corrected chi connectivity index (χ2v) is 5.71. The number of fused-ring (bicyclic) bond motifs is 1. The molecule has 3 rings (SSSR count). The van der Waals surface area contributed by atoms with E-state index >= 15 is 0 Å². The van der Waals surface area contributed by atoms with Crippen molar-refractivity contribution >= 4 is 42.6 Å². The Labute approximate surface area is 122 Å². The third-order valence-corrected chi connectivity index (χ3v) is 4.26. The van der Waals surface area contributed by atoms with Gasteiger partial charge in [0.15, 0.2) is 0 Å². The maximum absolute atomic E-state index is 4.34. The van der Waals surface area contributed by atoms with Crippen molar-refractivity contribution in [2.45, 2.75) is 0 Å². The van der Waals surface area contributed by atoms with Gasteiger partial charge in [-0.15, -0.1) is 0 Å². The van der Waals surface area contributed by atoms with Gasteiger partial charge in [-0.3, -0.25) is 4.98 Å². The summed E-state index contributed by atoms with van der Waals surface area (Å²) >= 11 is 7.21. The lowest BCUT2D eigenvalue weighted by Crippen LogP contribution is -1.86. The van der Waals surface area contributed by atoms with Crippen molar-refractivity contribution in [3.05, 3.63) is 63.8 Å². The van der Waals surface area contributed by atoms with Gasteiger partial charge in [0, 0.05) is 37.7 Å². The highest BCUT2D eigenvalue weighted by molar-refractivity contribution is 9.11. The van der Waals surface area contributed by atoms with E-state index in [0.29, 0.717) is 0 Å². The molecule has 0 unspecified atom stereocenters. The summed E-state index contributed by atoms with van der Waals surface area (Å²) in [6.07, 6.45) is 3.80. The molecule has 0 aliphatic carbocycles. The highest BCUT2D eigenvalue weighted by atomic mass is 79.9. The quantitative estimate of drug-likeness (QED) is 0.562. The van der Waals surface area contributed by atoms with Crippen LogP contribution in [-0.2, 0) is 0 Å². The molecule has 0 atom stereocenters. The topological polar surface area (TPSA) is 12.9 Å². The van der Waals surface area contributed by atoms with Gasteiger partial charge in [-0.1, -0.05) is 62.2 Å². The third kappa shape index (κ3) is 1.98. The summed E-state index contributed by atoms with van der Waals surface area (Å²) in [6.45, 7) is 0. The molecule has 18 heavy (non-hydrogen) atoms. The van der Waals surface area contributed by atoms with Crippen LogP contribution in [0.5, 0.6) is 0 Å². The van der Waals surface area contributed by atoms with E-state index in [1.165, 1.54) is 10.9 Å². The van der Waals surface area contributed by atoms with Crippen molar-refractivity contribution < 1.29 is 0 Å². The number of hydrogen-bond donors (Lipinski definition) is 0. The van der Waals surface area contributed by atoms with Crippen LogP contribution in [0.4, 0.5) is 0 Å². The fourth-order valence-electron chi connectivity index (χ4n) is 2.05. The van der Waals surface area contributed by atoms with Gasteiger partial charge >= 0.3 is 0 Å². The fourth-order valence-corrected chi connectivity index (χ4v) is 3.05. The van der Waals surface area contributed by atoms with Crippen molar-refractivity contribution in [3.8, 4) is 11.1 Å². The Balaban J connectivity index is 2.41. The lowest BCUT2D eigenvalue weighted by Gasteiger charge is -2.09. The largest absolute Gasteiger partial charge is 0.263 e. The number of aromatic nitrogens is 1. The predicted molar refractivity (Wildman–Crippen MR) is 82.6 cm³/mol. The molecule has 0 radical (unpaired) electrons. The van der Waals surface area contributed by atoms with E-state index in [4.69, 9.17) is 0 Å². The highest BCUT2D eigenvalue weighted by Gasteiger charge is 2.09. The van der Waals surface area contributed by atoms with E-state index in [0.717, 1.165) is 19.9 Å². The number of hydrogen-bond acceptors (Lipinski definition) is 1. The molecule has 2 aromatic carbocycles. The molecule has 0 saturated carbocycles. The van der Waals surface area contributed by atoms with Crippen LogP contribution >= 0.6 is 31.9 Å². The maximum atomic E-state index is 4.34. The smallest absolute Gasteiger partial charge is 0.0358 e. The number of nitrogens with zero attached hydrogens (tertiary/aromatic N) is 1. The zero-order valence-electron chi connectivity index (χ0n) is 9.40. The lowest BCUT2D eigenvalue weighted by atomic mass is 10.0. The van der Waals surface area contributed by atoms with Gasteiger partial charge < -0.3 is 0 Å². The van der Waals surface area contributed by atoms with Crippen LogP contribution in [0.3, 0.4) is 0 Å². The molecule has 0 N–H and O–H groups in total. The summed E-state index contributed by atoms with van der Waals surface area (Å²) in [5.74, 6) is 0. The molecule has 0 aliphatic heterocycles. The third-order valence-electron chi connectivity index (χ3n) is 2.90. The molecule has 0 fully saturated rings. The lowest BCUT2D eigenvalue weighted by molar-refractivity contribution is 1.36. The Hall–Kier alpha value is -1.19. The number of halogens is 2. The van der Waals surface area contributed by atoms with Gasteiger partial charge in [-0.05, 0) is 17.7 Å². The Kier molecular flexibility index (Phi) is 3.18. The van der Waals surface area contributed by atoms with Crippen LogP contribution in [0, 0.1) is 0 Å². The van der Waals surface area contributed by atoms with Crippen LogP contribution in [0.1, 0.15) is 0 Å². The van der Waals surface area contributed by atoms with Crippen molar-refractivity contribution in [2.75, 3.05) is 0 Å². The zero-order valence-corrected chi connectivity index (χ0v) is 12.6. The Morgan fingerprint density at radius 3 is 2.28 bits per heavy atom. The van der Waals surface area contributed by atoms with Gasteiger partial charge in [-0.2, -0.15) is 0 Å². The molecule has 1 aromatic heterocycles. The molecule has 0 saturated heterocycles. The van der Waals surface area contributed by atoms with Gasteiger partial charge in [0.2, 0.25) is 0 Å². The second-order valence-electron chi connectivity index (χ2n) is 4.00. The molecular weight excluding hydrogens is 354 g/mol. The normalized spacial score (nSPS) is 10.8. The minimum atomic E-state index is 1.06. The van der Waals surface area contributed by atoms with E-state index in [1.54, 1.807) is 0 Å². The van der Waals surface area contributed by atoms with Gasteiger partial charge in [0.05, 0.1) is 0 Å². The standard InChI is InChI=1S/C15H9Br2N/c16-13-6-7-14(17)15-11(8-18-9-12(13)15)10-4-2-1-3-5-10/h1-9H. The average Bonchev–Trinajstić information content (AvgIpc) is 2.43. The van der Waals surface area contributed by atoms with Gasteiger partial charge in [0.1, 0.15) is 0 Å². The SMILES string of the molecule is Brc1ccc(Br)c2c(-c3ccccc3)cncc12. The molecule has 0 amide bonds. The summed E-state index contributed by atoms with van der Waals surface area (Å²) < 4.78 is 2.15. The number of rotatable bonds is 1. The van der Waals surface area contributed by atoms with E-state index in [9.17, 15) is 0 Å². The van der Waals surface area contributed by atoms with Gasteiger partial charge in [0.25, 0.3) is 0 Å². The van der Waals surface area contributed by atoms with Crippen molar-refractivity contribution in [1.29, 1.82) is 0 Å². The molecule has 88 valence electrons. The molecule has 1 heterocycles. The first-order valence-corrected chi connectivity index (χ1v) is 7.13. The monoisotopic (exact) mass is 361 g/mol. The first-order chi connectivity index (χ1) is 8.77. The van der Waals surface area contributed by atoms with Crippen LogP contribution in [0.2, 0.25) is 0 Å². The average molecular weight is 363 g/mol. The first kappa shape index (κ1) is 11.9. The Bertz CT molecular complexity index is 708. The van der Waals surface area contributed by atoms with E-state index in [2.05, 4.69) is 55.0 Å². The highest BCUT2D eigenvalue weighted by Crippen LogP contribution is 2.36. The maximum Gasteiger partial charge on any atom is 0.0358 e. The number of benzene rings is 2. The fraction of sp³-hybridized carbons (Fsp3) is 0. The Morgan fingerprint density at radius 2 is 1.50 bits per heavy atom. The van der Waals surface area contributed by atoms with Crippen molar-refractivity contribution in [2.24, 2.45) is 0 Å². The Morgan fingerprint density at radius 1 is 0.778 bits per heavy atom. The minimum Gasteiger partial charge on any atom is -0.263 e.